The summed E-state index contributed by atoms with van der Waals surface area (Å²) < 4.78 is 27.9. The molecule has 1 N–H and O–H groups in total. The van der Waals surface area contributed by atoms with Crippen molar-refractivity contribution in [3.05, 3.63) is 102 Å². The average Bonchev–Trinajstić information content (AvgIpc) is 3.14. The summed E-state index contributed by atoms with van der Waals surface area (Å²) in [5.74, 6) is 0. The van der Waals surface area contributed by atoms with Crippen molar-refractivity contribution in [3.8, 4) is 6.07 Å². The van der Waals surface area contributed by atoms with E-state index in [9.17, 15) is 13.5 Å². The lowest BCUT2D eigenvalue weighted by molar-refractivity contribution is 0.214. The molecular weight excluding hydrogens is 372 g/mol. The van der Waals surface area contributed by atoms with Crippen LogP contribution in [0, 0.1) is 11.3 Å². The number of hydrogen-bond acceptors (Lipinski definition) is 4. The molecule has 3 aromatic carbocycles. The summed E-state index contributed by atoms with van der Waals surface area (Å²) in [4.78, 5) is 0.143. The fraction of sp³-hybridized carbons (Fsp3) is 0.0455. The molecule has 0 saturated heterocycles. The fourth-order valence-electron chi connectivity index (χ4n) is 3.22. The molecule has 0 amide bonds. The van der Waals surface area contributed by atoms with Crippen LogP contribution in [0.1, 0.15) is 22.9 Å². The number of para-hydroxylation sites is 1. The van der Waals surface area contributed by atoms with Crippen LogP contribution < -0.4 is 0 Å². The zero-order valence-electron chi connectivity index (χ0n) is 14.7. The van der Waals surface area contributed by atoms with Crippen LogP contribution in [0.3, 0.4) is 0 Å². The first kappa shape index (κ1) is 18.0. The number of aromatic nitrogens is 1. The van der Waals surface area contributed by atoms with Gasteiger partial charge in [0, 0.05) is 5.39 Å². The highest BCUT2D eigenvalue weighted by Crippen LogP contribution is 2.32. The van der Waals surface area contributed by atoms with Gasteiger partial charge in [0.25, 0.3) is 10.0 Å². The van der Waals surface area contributed by atoms with Crippen LogP contribution in [0.2, 0.25) is 0 Å². The Bertz CT molecular complexity index is 1290. The summed E-state index contributed by atoms with van der Waals surface area (Å²) in [5.41, 5.74) is 1.71. The molecule has 0 aliphatic rings. The van der Waals surface area contributed by atoms with Crippen LogP contribution in [0.25, 0.3) is 10.9 Å². The highest BCUT2D eigenvalue weighted by atomic mass is 32.2. The number of nitriles is 1. The summed E-state index contributed by atoms with van der Waals surface area (Å²) >= 11 is 0. The third-order valence-corrected chi connectivity index (χ3v) is 6.37. The Hall–Kier alpha value is -3.40. The fourth-order valence-corrected chi connectivity index (χ4v) is 4.79. The van der Waals surface area contributed by atoms with E-state index in [0.29, 0.717) is 22.0 Å². The molecule has 5 nitrogen and oxygen atoms in total. The van der Waals surface area contributed by atoms with Gasteiger partial charge in [0.1, 0.15) is 6.10 Å². The number of rotatable bonds is 4. The summed E-state index contributed by atoms with van der Waals surface area (Å²) in [6.45, 7) is 0. The monoisotopic (exact) mass is 388 g/mol. The largest absolute Gasteiger partial charge is 0.382 e. The lowest BCUT2D eigenvalue weighted by atomic mass is 10.0. The van der Waals surface area contributed by atoms with E-state index in [1.165, 1.54) is 16.1 Å². The van der Waals surface area contributed by atoms with Crippen LogP contribution in [-0.2, 0) is 10.0 Å². The van der Waals surface area contributed by atoms with Crippen molar-refractivity contribution in [2.45, 2.75) is 11.0 Å². The average molecular weight is 388 g/mol. The van der Waals surface area contributed by atoms with Crippen molar-refractivity contribution in [3.63, 3.8) is 0 Å². The van der Waals surface area contributed by atoms with Crippen LogP contribution in [-0.4, -0.2) is 17.5 Å². The van der Waals surface area contributed by atoms with Crippen molar-refractivity contribution >= 4 is 20.9 Å². The molecule has 28 heavy (non-hydrogen) atoms. The molecule has 1 atom stereocenters. The van der Waals surface area contributed by atoms with E-state index in [2.05, 4.69) is 0 Å². The lowest BCUT2D eigenvalue weighted by Gasteiger charge is -2.16. The van der Waals surface area contributed by atoms with Gasteiger partial charge < -0.3 is 5.11 Å². The number of fused-ring (bicyclic) bond motifs is 1. The minimum Gasteiger partial charge on any atom is -0.382 e. The molecule has 1 aromatic heterocycles. The Morgan fingerprint density at radius 3 is 2.21 bits per heavy atom. The topological polar surface area (TPSA) is 83.1 Å². The molecule has 1 heterocycles. The number of aliphatic hydroxyl groups excluding tert-OH is 1. The minimum atomic E-state index is -3.91. The van der Waals surface area contributed by atoms with Gasteiger partial charge in [-0.05, 0) is 42.0 Å². The van der Waals surface area contributed by atoms with E-state index in [1.54, 1.807) is 66.7 Å². The van der Waals surface area contributed by atoms with E-state index >= 15 is 0 Å². The molecule has 0 aliphatic carbocycles. The van der Waals surface area contributed by atoms with Crippen LogP contribution >= 0.6 is 0 Å². The van der Waals surface area contributed by atoms with Crippen molar-refractivity contribution in [1.29, 1.82) is 5.26 Å². The summed E-state index contributed by atoms with van der Waals surface area (Å²) in [5, 5.41) is 20.7. The SMILES string of the molecule is N#Cc1ccc(C(O)c2cc3ccccc3n2S(=O)(=O)c2ccccc2)cc1. The normalized spacial score (nSPS) is 12.6. The van der Waals surface area contributed by atoms with Gasteiger partial charge in [-0.3, -0.25) is 0 Å². The highest BCUT2D eigenvalue weighted by molar-refractivity contribution is 7.90. The predicted octanol–water partition coefficient (Wildman–Crippen LogP) is 3.83. The second kappa shape index (κ2) is 6.97. The first-order chi connectivity index (χ1) is 13.5. The maximum atomic E-state index is 13.4. The van der Waals surface area contributed by atoms with Gasteiger partial charge in [-0.2, -0.15) is 5.26 Å². The van der Waals surface area contributed by atoms with Crippen LogP contribution in [0.4, 0.5) is 0 Å². The molecule has 6 heteroatoms. The third kappa shape index (κ3) is 2.97. The van der Waals surface area contributed by atoms with Gasteiger partial charge in [0.05, 0.1) is 27.7 Å². The number of nitrogens with zero attached hydrogens (tertiary/aromatic N) is 2. The van der Waals surface area contributed by atoms with Crippen LogP contribution in [0.15, 0.2) is 89.8 Å². The molecule has 0 spiro atoms. The van der Waals surface area contributed by atoms with Crippen molar-refractivity contribution in [2.24, 2.45) is 0 Å². The summed E-state index contributed by atoms with van der Waals surface area (Å²) in [6, 6.07) is 25.4. The Labute approximate surface area is 162 Å². The molecule has 0 bridgehead atoms. The maximum Gasteiger partial charge on any atom is 0.268 e. The minimum absolute atomic E-state index is 0.143. The number of benzene rings is 3. The predicted molar refractivity (Wildman–Crippen MR) is 106 cm³/mol. The second-order valence-electron chi connectivity index (χ2n) is 6.35. The molecule has 0 aliphatic heterocycles. The Morgan fingerprint density at radius 2 is 1.54 bits per heavy atom. The van der Waals surface area contributed by atoms with Crippen molar-refractivity contribution in [2.75, 3.05) is 0 Å². The maximum absolute atomic E-state index is 13.4. The van der Waals surface area contributed by atoms with Gasteiger partial charge in [-0.15, -0.1) is 0 Å². The van der Waals surface area contributed by atoms with Gasteiger partial charge >= 0.3 is 0 Å². The first-order valence-corrected chi connectivity index (χ1v) is 10.1. The number of hydrogen-bond donors (Lipinski definition) is 1. The lowest BCUT2D eigenvalue weighted by Crippen LogP contribution is -2.18. The molecule has 0 fully saturated rings. The van der Waals surface area contributed by atoms with E-state index in [4.69, 9.17) is 5.26 Å². The van der Waals surface area contributed by atoms with Gasteiger partial charge in [-0.1, -0.05) is 48.5 Å². The van der Waals surface area contributed by atoms with Crippen molar-refractivity contribution < 1.29 is 13.5 Å². The third-order valence-electron chi connectivity index (χ3n) is 4.61. The van der Waals surface area contributed by atoms with E-state index < -0.39 is 16.1 Å². The summed E-state index contributed by atoms with van der Waals surface area (Å²) in [7, 11) is -3.91. The quantitative estimate of drug-likeness (QED) is 0.576. The van der Waals surface area contributed by atoms with Gasteiger partial charge in [0.15, 0.2) is 0 Å². The molecular formula is C22H16N2O3S. The molecule has 4 rings (SSSR count). The molecule has 4 aromatic rings. The Morgan fingerprint density at radius 1 is 0.893 bits per heavy atom. The van der Waals surface area contributed by atoms with E-state index in [1.807, 2.05) is 12.1 Å². The molecule has 1 unspecified atom stereocenters. The number of aliphatic hydroxyl groups is 1. The zero-order chi connectivity index (χ0) is 19.7. The van der Waals surface area contributed by atoms with Crippen molar-refractivity contribution in [1.82, 2.24) is 3.97 Å². The Balaban J connectivity index is 1.94. The zero-order valence-corrected chi connectivity index (χ0v) is 15.5. The Kier molecular flexibility index (Phi) is 4.47. The van der Waals surface area contributed by atoms with Gasteiger partial charge in [-0.25, -0.2) is 12.4 Å². The summed E-state index contributed by atoms with van der Waals surface area (Å²) in [6.07, 6.45) is -1.17. The highest BCUT2D eigenvalue weighted by Gasteiger charge is 2.26. The standard InChI is InChI=1S/C22H16N2O3S/c23-15-16-10-12-17(13-11-16)22(25)21-14-18-6-4-5-9-20(18)24(21)28(26,27)19-7-2-1-3-8-19/h1-14,22,25H. The van der Waals surface area contributed by atoms with E-state index in [-0.39, 0.29) is 10.6 Å². The van der Waals surface area contributed by atoms with Gasteiger partial charge in [0.2, 0.25) is 0 Å². The first-order valence-electron chi connectivity index (χ1n) is 8.61. The van der Waals surface area contributed by atoms with Crippen LogP contribution in [0.5, 0.6) is 0 Å². The molecule has 0 saturated carbocycles. The second-order valence-corrected chi connectivity index (χ2v) is 8.13. The smallest absolute Gasteiger partial charge is 0.268 e. The molecule has 0 radical (unpaired) electrons. The van der Waals surface area contributed by atoms with E-state index in [0.717, 1.165) is 0 Å². The molecule has 138 valence electrons.